The predicted octanol–water partition coefficient (Wildman–Crippen LogP) is 2.97. The molecule has 2 aromatic rings. The van der Waals surface area contributed by atoms with E-state index in [0.717, 1.165) is 4.88 Å². The number of carbonyl (C=O) groups is 1. The number of hydrogen-bond acceptors (Lipinski definition) is 5. The van der Waals surface area contributed by atoms with Gasteiger partial charge in [0.05, 0.1) is 11.6 Å². The first-order chi connectivity index (χ1) is 12.4. The molecule has 0 aliphatic carbocycles. The quantitative estimate of drug-likeness (QED) is 0.870. The minimum Gasteiger partial charge on any atom is -0.326 e. The molecule has 0 saturated carbocycles. The number of rotatable bonds is 4. The fraction of sp³-hybridized carbons (Fsp3) is 0.333. The monoisotopic (exact) mass is 389 g/mol. The van der Waals surface area contributed by atoms with Crippen LogP contribution in [0.2, 0.25) is 0 Å². The van der Waals surface area contributed by atoms with Gasteiger partial charge in [-0.05, 0) is 56.2 Å². The molecule has 0 spiro atoms. The van der Waals surface area contributed by atoms with E-state index in [-0.39, 0.29) is 11.8 Å². The third kappa shape index (κ3) is 3.96. The average molecular weight is 390 g/mol. The van der Waals surface area contributed by atoms with Crippen LogP contribution >= 0.6 is 11.3 Å². The number of hydrogen-bond donors (Lipinski definition) is 1. The van der Waals surface area contributed by atoms with E-state index >= 15 is 0 Å². The number of piperidine rings is 1. The summed E-state index contributed by atoms with van der Waals surface area (Å²) >= 11 is 1.27. The first kappa shape index (κ1) is 18.6. The van der Waals surface area contributed by atoms with E-state index in [4.69, 9.17) is 5.26 Å². The largest absolute Gasteiger partial charge is 0.326 e. The van der Waals surface area contributed by atoms with E-state index in [1.54, 1.807) is 36.4 Å². The van der Waals surface area contributed by atoms with Gasteiger partial charge in [-0.15, -0.1) is 11.3 Å². The van der Waals surface area contributed by atoms with Crippen LogP contribution in [0.25, 0.3) is 0 Å². The Morgan fingerprint density at radius 1 is 1.19 bits per heavy atom. The molecule has 3 rings (SSSR count). The van der Waals surface area contributed by atoms with E-state index in [1.165, 1.54) is 15.6 Å². The highest BCUT2D eigenvalue weighted by molar-refractivity contribution is 7.91. The van der Waals surface area contributed by atoms with E-state index in [0.29, 0.717) is 41.4 Å². The van der Waals surface area contributed by atoms with Crippen LogP contribution < -0.4 is 5.32 Å². The Bertz CT molecular complexity index is 935. The van der Waals surface area contributed by atoms with E-state index < -0.39 is 10.0 Å². The molecular weight excluding hydrogens is 370 g/mol. The molecule has 1 N–H and O–H groups in total. The lowest BCUT2D eigenvalue weighted by atomic mass is 9.97. The Balaban J connectivity index is 1.59. The molecule has 1 aliphatic heterocycles. The Kier molecular flexibility index (Phi) is 5.41. The van der Waals surface area contributed by atoms with Crippen molar-refractivity contribution in [3.8, 4) is 6.07 Å². The van der Waals surface area contributed by atoms with Gasteiger partial charge < -0.3 is 5.32 Å². The molecule has 6 nitrogen and oxygen atoms in total. The zero-order chi connectivity index (χ0) is 18.7. The molecule has 1 fully saturated rings. The van der Waals surface area contributed by atoms with Crippen LogP contribution in [-0.4, -0.2) is 31.7 Å². The standard InChI is InChI=1S/C18H19N3O3S2/c1-13-2-7-17(25-13)26(23,24)21-10-8-15(9-11-21)18(22)20-16-5-3-14(12-19)4-6-16/h2-7,15H,8-11H2,1H3,(H,20,22). The molecule has 8 heteroatoms. The summed E-state index contributed by atoms with van der Waals surface area (Å²) in [5.74, 6) is -0.333. The Morgan fingerprint density at radius 3 is 2.38 bits per heavy atom. The predicted molar refractivity (Wildman–Crippen MR) is 100 cm³/mol. The normalized spacial score (nSPS) is 16.2. The van der Waals surface area contributed by atoms with Gasteiger partial charge >= 0.3 is 0 Å². The molecular formula is C18H19N3O3S2. The highest BCUT2D eigenvalue weighted by Gasteiger charge is 2.32. The number of aryl methyl sites for hydroxylation is 1. The summed E-state index contributed by atoms with van der Waals surface area (Å²) < 4.78 is 27.1. The molecule has 0 atom stereocenters. The lowest BCUT2D eigenvalue weighted by Gasteiger charge is -2.30. The zero-order valence-corrected chi connectivity index (χ0v) is 15.9. The highest BCUT2D eigenvalue weighted by Crippen LogP contribution is 2.28. The number of thiophene rings is 1. The first-order valence-corrected chi connectivity index (χ1v) is 10.5. The lowest BCUT2D eigenvalue weighted by Crippen LogP contribution is -2.41. The third-order valence-corrected chi connectivity index (χ3v) is 7.78. The third-order valence-electron chi connectivity index (χ3n) is 4.42. The fourth-order valence-corrected chi connectivity index (χ4v) is 5.82. The van der Waals surface area contributed by atoms with Crippen LogP contribution in [-0.2, 0) is 14.8 Å². The van der Waals surface area contributed by atoms with Crippen molar-refractivity contribution in [3.63, 3.8) is 0 Å². The molecule has 0 radical (unpaired) electrons. The van der Waals surface area contributed by atoms with Crippen LogP contribution in [0.1, 0.15) is 23.3 Å². The summed E-state index contributed by atoms with van der Waals surface area (Å²) in [5.41, 5.74) is 1.17. The fourth-order valence-electron chi connectivity index (χ4n) is 2.91. The second-order valence-corrected chi connectivity index (χ2v) is 9.67. The molecule has 1 aliphatic rings. The van der Waals surface area contributed by atoms with Crippen LogP contribution in [0.4, 0.5) is 5.69 Å². The maximum Gasteiger partial charge on any atom is 0.252 e. The van der Waals surface area contributed by atoms with Crippen molar-refractivity contribution in [2.75, 3.05) is 18.4 Å². The van der Waals surface area contributed by atoms with Gasteiger partial charge in [0.25, 0.3) is 10.0 Å². The number of amides is 1. The van der Waals surface area contributed by atoms with Gasteiger partial charge in [-0.25, -0.2) is 8.42 Å². The van der Waals surface area contributed by atoms with Gasteiger partial charge in [-0.2, -0.15) is 9.57 Å². The Labute approximate surface area is 157 Å². The lowest BCUT2D eigenvalue weighted by molar-refractivity contribution is -0.120. The van der Waals surface area contributed by atoms with Gasteiger partial charge in [0.1, 0.15) is 4.21 Å². The topological polar surface area (TPSA) is 90.3 Å². The summed E-state index contributed by atoms with van der Waals surface area (Å²) in [5, 5.41) is 11.6. The molecule has 0 bridgehead atoms. The molecule has 1 saturated heterocycles. The molecule has 1 aromatic carbocycles. The number of nitrogens with one attached hydrogen (secondary N) is 1. The summed E-state index contributed by atoms with van der Waals surface area (Å²) in [6.07, 6.45) is 0.984. The second kappa shape index (κ2) is 7.58. The molecule has 26 heavy (non-hydrogen) atoms. The molecule has 136 valence electrons. The SMILES string of the molecule is Cc1ccc(S(=O)(=O)N2CCC(C(=O)Nc3ccc(C#N)cc3)CC2)s1. The van der Waals surface area contributed by atoms with E-state index in [9.17, 15) is 13.2 Å². The smallest absolute Gasteiger partial charge is 0.252 e. The van der Waals surface area contributed by atoms with Gasteiger partial charge in [-0.1, -0.05) is 0 Å². The maximum absolute atomic E-state index is 12.6. The number of nitriles is 1. The van der Waals surface area contributed by atoms with Crippen molar-refractivity contribution in [2.45, 2.75) is 24.0 Å². The number of nitrogens with zero attached hydrogens (tertiary/aromatic N) is 2. The summed E-state index contributed by atoms with van der Waals surface area (Å²) in [7, 11) is -3.47. The van der Waals surface area contributed by atoms with Crippen LogP contribution in [0, 0.1) is 24.2 Å². The number of anilines is 1. The summed E-state index contributed by atoms with van der Waals surface area (Å²) in [4.78, 5) is 13.4. The Hall–Kier alpha value is -2.21. The number of carbonyl (C=O) groups excluding carboxylic acids is 1. The Morgan fingerprint density at radius 2 is 1.85 bits per heavy atom. The number of sulfonamides is 1. The van der Waals surface area contributed by atoms with Gasteiger partial charge in [0, 0.05) is 29.6 Å². The van der Waals surface area contributed by atoms with E-state index in [2.05, 4.69) is 5.32 Å². The zero-order valence-electron chi connectivity index (χ0n) is 14.3. The molecule has 0 unspecified atom stereocenters. The van der Waals surface area contributed by atoms with Gasteiger partial charge in [-0.3, -0.25) is 4.79 Å². The van der Waals surface area contributed by atoms with E-state index in [1.807, 2.05) is 13.0 Å². The summed E-state index contributed by atoms with van der Waals surface area (Å²) in [6.45, 7) is 2.55. The van der Waals surface area contributed by atoms with Crippen molar-refractivity contribution in [3.05, 3.63) is 46.8 Å². The van der Waals surface area contributed by atoms with Gasteiger partial charge in [0.15, 0.2) is 0 Å². The van der Waals surface area contributed by atoms with Crippen molar-refractivity contribution in [1.82, 2.24) is 4.31 Å². The minimum absolute atomic E-state index is 0.112. The molecule has 1 aromatic heterocycles. The number of benzene rings is 1. The molecule has 1 amide bonds. The maximum atomic E-state index is 12.6. The van der Waals surface area contributed by atoms with Crippen LogP contribution in [0.3, 0.4) is 0 Å². The van der Waals surface area contributed by atoms with Crippen molar-refractivity contribution in [2.24, 2.45) is 5.92 Å². The van der Waals surface area contributed by atoms with Crippen LogP contribution in [0.15, 0.2) is 40.6 Å². The van der Waals surface area contributed by atoms with Crippen molar-refractivity contribution in [1.29, 1.82) is 5.26 Å². The minimum atomic E-state index is -3.47. The van der Waals surface area contributed by atoms with Crippen molar-refractivity contribution >= 4 is 33.0 Å². The summed E-state index contributed by atoms with van der Waals surface area (Å²) in [6, 6.07) is 12.1. The van der Waals surface area contributed by atoms with Crippen molar-refractivity contribution < 1.29 is 13.2 Å². The van der Waals surface area contributed by atoms with Crippen LogP contribution in [0.5, 0.6) is 0 Å². The van der Waals surface area contributed by atoms with Gasteiger partial charge in [0.2, 0.25) is 5.91 Å². The molecule has 2 heterocycles. The highest BCUT2D eigenvalue weighted by atomic mass is 32.2. The second-order valence-electron chi connectivity index (χ2n) is 6.22. The first-order valence-electron chi connectivity index (χ1n) is 8.28. The average Bonchev–Trinajstić information content (AvgIpc) is 3.10.